The van der Waals surface area contributed by atoms with Gasteiger partial charge in [-0.1, -0.05) is 60.4 Å². The smallest absolute Gasteiger partial charge is 0.669 e. The van der Waals surface area contributed by atoms with E-state index < -0.39 is 0 Å². The first-order valence-corrected chi connectivity index (χ1v) is 18.5. The summed E-state index contributed by atoms with van der Waals surface area (Å²) < 4.78 is 16.4. The normalized spacial score (nSPS) is 11.6. The van der Waals surface area contributed by atoms with Gasteiger partial charge in [0.1, 0.15) is 0 Å². The number of para-hydroxylation sites is 3. The molecule has 10 rings (SSSR count). The Morgan fingerprint density at radius 1 is 0.633 bits per heavy atom. The van der Waals surface area contributed by atoms with E-state index in [-0.39, 0.29) is 42.1 Å². The van der Waals surface area contributed by atoms with Crippen molar-refractivity contribution in [2.45, 2.75) is 0 Å². The van der Waals surface area contributed by atoms with Gasteiger partial charge in [0.15, 0.2) is 0 Å². The molecule has 4 heterocycles. The van der Waals surface area contributed by atoms with Crippen LogP contribution in [0.4, 0.5) is 5.69 Å². The van der Waals surface area contributed by atoms with Crippen LogP contribution in [0.25, 0.3) is 49.9 Å². The van der Waals surface area contributed by atoms with Gasteiger partial charge >= 0.3 is 21.1 Å². The summed E-state index contributed by atoms with van der Waals surface area (Å²) in [5.41, 5.74) is 7.09. The molecule has 3 aromatic heterocycles. The zero-order valence-corrected chi connectivity index (χ0v) is 36.5. The molecule has 0 saturated heterocycles. The van der Waals surface area contributed by atoms with E-state index in [1.54, 1.807) is 23.2 Å². The summed E-state index contributed by atoms with van der Waals surface area (Å²) in [6.45, 7) is 1.98. The first-order chi connectivity index (χ1) is 28.6. The van der Waals surface area contributed by atoms with Crippen LogP contribution in [0.5, 0.6) is 23.0 Å². The number of anilines is 1. The van der Waals surface area contributed by atoms with Gasteiger partial charge in [0, 0.05) is 67.2 Å². The van der Waals surface area contributed by atoms with Gasteiger partial charge in [-0.2, -0.15) is 43.1 Å². The minimum Gasteiger partial charge on any atom is -0.669 e. The first kappa shape index (κ1) is 41.6. The molecule has 0 bridgehead atoms. The molecule has 9 aromatic rings. The van der Waals surface area contributed by atoms with Crippen LogP contribution in [0.15, 0.2) is 171 Å². The van der Waals surface area contributed by atoms with Crippen LogP contribution in [-0.4, -0.2) is 26.1 Å². The van der Waals surface area contributed by atoms with Gasteiger partial charge in [0.05, 0.1) is 11.0 Å². The predicted molar refractivity (Wildman–Crippen MR) is 227 cm³/mol. The number of hydrogen-bond donors (Lipinski definition) is 0. The molecule has 1 aliphatic rings. The summed E-state index contributed by atoms with van der Waals surface area (Å²) in [4.78, 5) is 8.74. The molecule has 296 valence electrons. The second-order valence-electron chi connectivity index (χ2n) is 13.3. The molecular formula is C51H32N5O2Pt2-3. The summed E-state index contributed by atoms with van der Waals surface area (Å²) >= 11 is 0. The van der Waals surface area contributed by atoms with Gasteiger partial charge in [0.25, 0.3) is 0 Å². The average Bonchev–Trinajstić information content (AvgIpc) is 4.04. The molecule has 0 unspecified atom stereocenters. The van der Waals surface area contributed by atoms with Gasteiger partial charge < -0.3 is 39.8 Å². The SMILES string of the molecule is CN1C=CN(c2[c-]c(Oc3[c-]c(-c4cc(-c5[c-]c(Oc6[c-]cccc6)ccc5)[c-]cn4)cc(-n4c5ccccc5c5ccccc54)c3)ccc2)[CH-]1.[C-]#Cn1cccc1.[Pt+4].[Pt]. The maximum absolute atomic E-state index is 6.57. The maximum Gasteiger partial charge on any atom is 4.00 e. The van der Waals surface area contributed by atoms with Crippen LogP contribution in [0, 0.1) is 49.5 Å². The average molecular weight is 1140 g/mol. The predicted octanol–water partition coefficient (Wildman–Crippen LogP) is 11.3. The number of fused-ring (bicyclic) bond motifs is 3. The van der Waals surface area contributed by atoms with Crippen molar-refractivity contribution in [3.63, 3.8) is 0 Å². The molecule has 7 nitrogen and oxygen atoms in total. The van der Waals surface area contributed by atoms with Crippen molar-refractivity contribution in [1.29, 1.82) is 0 Å². The van der Waals surface area contributed by atoms with Crippen molar-refractivity contribution in [3.05, 3.63) is 214 Å². The second-order valence-corrected chi connectivity index (χ2v) is 13.3. The maximum atomic E-state index is 6.57. The van der Waals surface area contributed by atoms with Crippen molar-refractivity contribution in [1.82, 2.24) is 19.0 Å². The standard InChI is InChI=1S/C45H28N4O2.C6H4N.2Pt/c1-47-23-24-48(31-47)35-12-10-16-39(29-35)51-40-27-34(25-36(30-40)49-44-19-7-5-17-41(44)42-18-6-8-20-45(42)49)43-28-33(21-22-46-43)32-11-9-15-38(26-32)50-37-13-3-2-4-14-37;1-2-7-5-3-4-6-7;;/h2-13,15-20,22-25,28,30-31H,1H3;3-6H;;/q-6;-1;;+4. The summed E-state index contributed by atoms with van der Waals surface area (Å²) in [5, 5.41) is 2.35. The Kier molecular flexibility index (Phi) is 13.2. The molecule has 0 aliphatic carbocycles. The van der Waals surface area contributed by atoms with Gasteiger partial charge in [0.2, 0.25) is 0 Å². The Morgan fingerprint density at radius 3 is 1.98 bits per heavy atom. The zero-order chi connectivity index (χ0) is 39.3. The quantitative estimate of drug-likeness (QED) is 0.112. The third-order valence-corrected chi connectivity index (χ3v) is 9.36. The van der Waals surface area contributed by atoms with Crippen LogP contribution in [0.3, 0.4) is 0 Å². The molecule has 0 fully saturated rings. The molecule has 60 heavy (non-hydrogen) atoms. The fraction of sp³-hybridized carbons (Fsp3) is 0.0196. The summed E-state index contributed by atoms with van der Waals surface area (Å²) in [7, 11) is 1.99. The number of hydrogen-bond acceptors (Lipinski definition) is 5. The van der Waals surface area contributed by atoms with Crippen molar-refractivity contribution in [2.75, 3.05) is 11.9 Å². The van der Waals surface area contributed by atoms with E-state index in [0.717, 1.165) is 39.1 Å². The molecule has 9 heteroatoms. The fourth-order valence-corrected chi connectivity index (χ4v) is 6.73. The van der Waals surface area contributed by atoms with Crippen molar-refractivity contribution < 1.29 is 51.6 Å². The Morgan fingerprint density at radius 2 is 1.30 bits per heavy atom. The Labute approximate surface area is 378 Å². The van der Waals surface area contributed by atoms with Crippen LogP contribution in [0.2, 0.25) is 0 Å². The number of rotatable bonds is 8. The minimum absolute atomic E-state index is 0. The minimum atomic E-state index is 0. The summed E-state index contributed by atoms with van der Waals surface area (Å²) in [6, 6.07) is 64.7. The monoisotopic (exact) mass is 1140 g/mol. The first-order valence-electron chi connectivity index (χ1n) is 18.5. The number of pyridine rings is 1. The topological polar surface area (TPSA) is 47.7 Å². The van der Waals surface area contributed by atoms with Gasteiger partial charge in [-0.15, -0.1) is 53.7 Å². The number of ether oxygens (including phenoxy) is 2. The largest absolute Gasteiger partial charge is 4.00 e. The molecular weight excluding hydrogens is 1100 g/mol. The molecule has 1 aliphatic heterocycles. The molecule has 0 radical (unpaired) electrons. The van der Waals surface area contributed by atoms with E-state index in [1.807, 2.05) is 121 Å². The number of benzene rings is 6. The molecule has 0 amide bonds. The van der Waals surface area contributed by atoms with Gasteiger partial charge in [-0.25, -0.2) is 24.2 Å². The third-order valence-electron chi connectivity index (χ3n) is 9.36. The molecule has 0 spiro atoms. The van der Waals surface area contributed by atoms with E-state index >= 15 is 0 Å². The van der Waals surface area contributed by atoms with E-state index in [0.29, 0.717) is 28.7 Å². The Hall–Kier alpha value is -6.57. The van der Waals surface area contributed by atoms with E-state index in [4.69, 9.17) is 20.9 Å². The number of nitrogens with zero attached hydrogens (tertiary/aromatic N) is 5. The van der Waals surface area contributed by atoms with Gasteiger partial charge in [-0.3, -0.25) is 11.1 Å². The van der Waals surface area contributed by atoms with Crippen LogP contribution >= 0.6 is 0 Å². The van der Waals surface area contributed by atoms with Crippen molar-refractivity contribution in [3.8, 4) is 57.1 Å². The van der Waals surface area contributed by atoms with Gasteiger partial charge in [-0.05, 0) is 49.4 Å². The fourth-order valence-electron chi connectivity index (χ4n) is 6.73. The second kappa shape index (κ2) is 19.0. The van der Waals surface area contributed by atoms with Crippen LogP contribution in [0.1, 0.15) is 0 Å². The molecule has 0 N–H and O–H groups in total. The van der Waals surface area contributed by atoms with E-state index in [9.17, 15) is 0 Å². The van der Waals surface area contributed by atoms with E-state index in [2.05, 4.69) is 95.5 Å². The summed E-state index contributed by atoms with van der Waals surface area (Å²) in [6.07, 6.45) is 15.7. The molecule has 0 atom stereocenters. The van der Waals surface area contributed by atoms with Crippen LogP contribution < -0.4 is 14.4 Å². The van der Waals surface area contributed by atoms with Crippen molar-refractivity contribution >= 4 is 27.5 Å². The zero-order valence-electron chi connectivity index (χ0n) is 31.9. The molecule has 0 saturated carbocycles. The molecule has 6 aromatic carbocycles. The van der Waals surface area contributed by atoms with Crippen LogP contribution in [-0.2, 0) is 42.1 Å². The number of aromatic nitrogens is 3. The summed E-state index contributed by atoms with van der Waals surface area (Å²) in [5.74, 6) is 2.32. The van der Waals surface area contributed by atoms with E-state index in [1.165, 1.54) is 10.8 Å². The Bertz CT molecular complexity index is 2880. The third kappa shape index (κ3) is 9.17. The van der Waals surface area contributed by atoms with Crippen molar-refractivity contribution in [2.24, 2.45) is 0 Å². The Balaban J connectivity index is 0.000000552.